The summed E-state index contributed by atoms with van der Waals surface area (Å²) in [6.45, 7) is 19.7. The smallest absolute Gasteiger partial charge is 0.167 e. The van der Waals surface area contributed by atoms with Gasteiger partial charge in [0.1, 0.15) is 0 Å². The van der Waals surface area contributed by atoms with E-state index in [1.165, 1.54) is 38.5 Å². The Kier molecular flexibility index (Phi) is 4.87. The van der Waals surface area contributed by atoms with E-state index in [1.807, 2.05) is 5.57 Å². The molecule has 0 aromatic rings. The molecule has 2 N–H and O–H groups in total. The fraction of sp³-hybridized carbons (Fsp3) is 0.933. The van der Waals surface area contributed by atoms with Crippen molar-refractivity contribution >= 4 is 0 Å². The lowest BCUT2D eigenvalue weighted by Gasteiger charge is -2.72. The minimum Gasteiger partial charge on any atom is -0.365 e. The van der Waals surface area contributed by atoms with Gasteiger partial charge in [0.15, 0.2) is 5.79 Å². The van der Waals surface area contributed by atoms with Crippen LogP contribution in [0.5, 0.6) is 0 Å². The zero-order valence-corrected chi connectivity index (χ0v) is 22.2. The molecule has 0 bridgehead atoms. The quantitative estimate of drug-likeness (QED) is 0.304. The average Bonchev–Trinajstić information content (AvgIpc) is 2.70. The Morgan fingerprint density at radius 3 is 2.16 bits per heavy atom. The van der Waals surface area contributed by atoms with Crippen LogP contribution in [-0.2, 0) is 0 Å². The minimum absolute atomic E-state index is 0.183. The van der Waals surface area contributed by atoms with E-state index >= 15 is 0 Å². The highest BCUT2D eigenvalue weighted by Crippen LogP contribution is 2.76. The van der Waals surface area contributed by atoms with Crippen LogP contribution in [0.25, 0.3) is 0 Å². The van der Waals surface area contributed by atoms with Crippen LogP contribution in [0.1, 0.15) is 113 Å². The van der Waals surface area contributed by atoms with Gasteiger partial charge < -0.3 is 10.2 Å². The maximum atomic E-state index is 10.9. The second kappa shape index (κ2) is 6.66. The molecular formula is C30H50O2. The van der Waals surface area contributed by atoms with Crippen molar-refractivity contribution in [3.63, 3.8) is 0 Å². The molecule has 2 nitrogen and oxygen atoms in total. The molecule has 182 valence electrons. The Morgan fingerprint density at radius 1 is 0.781 bits per heavy atom. The van der Waals surface area contributed by atoms with Crippen LogP contribution in [0.4, 0.5) is 0 Å². The highest BCUT2D eigenvalue weighted by Gasteiger charge is 2.69. The van der Waals surface area contributed by atoms with E-state index in [1.54, 1.807) is 0 Å². The molecule has 5 aliphatic rings. The van der Waals surface area contributed by atoms with E-state index in [0.717, 1.165) is 30.6 Å². The molecule has 0 spiro atoms. The van der Waals surface area contributed by atoms with E-state index in [2.05, 4.69) is 61.5 Å². The molecule has 4 fully saturated rings. The zero-order valence-electron chi connectivity index (χ0n) is 22.2. The summed E-state index contributed by atoms with van der Waals surface area (Å²) in [5.74, 6) is 1.83. The summed E-state index contributed by atoms with van der Waals surface area (Å²) in [7, 11) is 0. The molecule has 0 heterocycles. The van der Waals surface area contributed by atoms with Crippen LogP contribution in [0.3, 0.4) is 0 Å². The number of allylic oxidation sites excluding steroid dienone is 2. The van der Waals surface area contributed by atoms with Crippen LogP contribution in [0, 0.1) is 56.7 Å². The predicted octanol–water partition coefficient (Wildman–Crippen LogP) is 7.34. The van der Waals surface area contributed by atoms with Crippen molar-refractivity contribution in [1.29, 1.82) is 0 Å². The van der Waals surface area contributed by atoms with Crippen molar-refractivity contribution in [1.82, 2.24) is 0 Å². The fourth-order valence-corrected chi connectivity index (χ4v) is 10.8. The first-order chi connectivity index (χ1) is 14.6. The van der Waals surface area contributed by atoms with Gasteiger partial charge in [-0.3, -0.25) is 0 Å². The maximum Gasteiger partial charge on any atom is 0.167 e. The predicted molar refractivity (Wildman–Crippen MR) is 132 cm³/mol. The van der Waals surface area contributed by atoms with E-state index in [9.17, 15) is 10.2 Å². The second-order valence-corrected chi connectivity index (χ2v) is 14.8. The summed E-state index contributed by atoms with van der Waals surface area (Å²) in [5.41, 5.74) is 2.65. The lowest BCUT2D eigenvalue weighted by Crippen LogP contribution is -2.67. The van der Waals surface area contributed by atoms with Crippen molar-refractivity contribution in [2.75, 3.05) is 0 Å². The summed E-state index contributed by atoms with van der Waals surface area (Å²) in [5, 5.41) is 21.8. The highest BCUT2D eigenvalue weighted by atomic mass is 16.5. The van der Waals surface area contributed by atoms with E-state index < -0.39 is 11.2 Å². The molecule has 0 amide bonds. The molecule has 5 aliphatic carbocycles. The maximum absolute atomic E-state index is 10.9. The normalized spacial score (nSPS) is 56.2. The van der Waals surface area contributed by atoms with E-state index in [0.29, 0.717) is 29.1 Å². The van der Waals surface area contributed by atoms with Gasteiger partial charge in [0.05, 0.1) is 0 Å². The van der Waals surface area contributed by atoms with Gasteiger partial charge in [0, 0.05) is 11.8 Å². The number of hydrogen-bond acceptors (Lipinski definition) is 2. The Balaban J connectivity index is 1.59. The Hall–Kier alpha value is -0.340. The molecule has 4 saturated carbocycles. The summed E-state index contributed by atoms with van der Waals surface area (Å²) >= 11 is 0. The molecule has 0 saturated heterocycles. The van der Waals surface area contributed by atoms with Gasteiger partial charge in [0.2, 0.25) is 0 Å². The topological polar surface area (TPSA) is 40.5 Å². The number of rotatable bonds is 0. The molecule has 32 heavy (non-hydrogen) atoms. The molecule has 0 unspecified atom stereocenters. The van der Waals surface area contributed by atoms with Gasteiger partial charge in [-0.05, 0) is 103 Å². The third kappa shape index (κ3) is 2.61. The van der Waals surface area contributed by atoms with Gasteiger partial charge in [-0.1, -0.05) is 67.0 Å². The standard InChI is InChI=1S/C30H50O2/c1-19-11-13-26(5)15-17-28(7)21(24(26)20(19)2)9-10-23-27(6)16-18-30(31,32)25(3,4)22(27)12-14-29(23,28)8/h9,19-20,22-24,31-32H,10-18H2,1-8H3/t19-,20+,22+,23-,24+,26-,27+,28-,29-/m1/s1. The SMILES string of the molecule is C[C@H]1[C@H](C)CC[C@]2(C)CC[C@]3(C)C(=CC[C@@H]4[C@@]5(C)CCC(O)(O)C(C)(C)[C@@H]5CC[C@]43C)[C@H]12. The van der Waals surface area contributed by atoms with Gasteiger partial charge >= 0.3 is 0 Å². The summed E-state index contributed by atoms with van der Waals surface area (Å²) in [6.07, 6.45) is 13.3. The highest BCUT2D eigenvalue weighted by molar-refractivity contribution is 5.33. The van der Waals surface area contributed by atoms with Crippen LogP contribution in [-0.4, -0.2) is 16.0 Å². The first-order valence-corrected chi connectivity index (χ1v) is 13.8. The third-order valence-corrected chi connectivity index (χ3v) is 13.6. The first kappa shape index (κ1) is 23.4. The molecule has 9 atom stereocenters. The lowest BCUT2D eigenvalue weighted by molar-refractivity contribution is -0.311. The third-order valence-electron chi connectivity index (χ3n) is 13.6. The largest absolute Gasteiger partial charge is 0.365 e. The second-order valence-electron chi connectivity index (χ2n) is 14.8. The number of hydrogen-bond donors (Lipinski definition) is 2. The average molecular weight is 443 g/mol. The summed E-state index contributed by atoms with van der Waals surface area (Å²) in [6, 6.07) is 0. The number of aliphatic hydroxyl groups is 2. The van der Waals surface area contributed by atoms with Gasteiger partial charge in [-0.25, -0.2) is 0 Å². The van der Waals surface area contributed by atoms with Crippen molar-refractivity contribution in [2.24, 2.45) is 56.7 Å². The lowest BCUT2D eigenvalue weighted by atomic mass is 9.33. The molecule has 2 heteroatoms. The van der Waals surface area contributed by atoms with Crippen molar-refractivity contribution in [3.05, 3.63) is 11.6 Å². The summed E-state index contributed by atoms with van der Waals surface area (Å²) < 4.78 is 0. The molecule has 0 aliphatic heterocycles. The summed E-state index contributed by atoms with van der Waals surface area (Å²) in [4.78, 5) is 0. The monoisotopic (exact) mass is 442 g/mol. The van der Waals surface area contributed by atoms with E-state index in [-0.39, 0.29) is 10.8 Å². The number of fused-ring (bicyclic) bond motifs is 7. The molecular weight excluding hydrogens is 392 g/mol. The van der Waals surface area contributed by atoms with Crippen molar-refractivity contribution < 1.29 is 10.2 Å². The molecule has 0 radical (unpaired) electrons. The van der Waals surface area contributed by atoms with E-state index in [4.69, 9.17) is 0 Å². The Bertz CT molecular complexity index is 825. The first-order valence-electron chi connectivity index (χ1n) is 13.8. The van der Waals surface area contributed by atoms with Crippen LogP contribution >= 0.6 is 0 Å². The van der Waals surface area contributed by atoms with Crippen molar-refractivity contribution in [2.45, 2.75) is 119 Å². The fourth-order valence-electron chi connectivity index (χ4n) is 10.8. The van der Waals surface area contributed by atoms with Gasteiger partial charge in [0.25, 0.3) is 0 Å². The van der Waals surface area contributed by atoms with Gasteiger partial charge in [-0.2, -0.15) is 0 Å². The zero-order chi connectivity index (χ0) is 23.5. The van der Waals surface area contributed by atoms with Crippen LogP contribution in [0.2, 0.25) is 0 Å². The molecule has 0 aromatic carbocycles. The Labute approximate surface area is 197 Å². The van der Waals surface area contributed by atoms with Crippen LogP contribution in [0.15, 0.2) is 11.6 Å². The molecule has 5 rings (SSSR count). The molecule has 0 aromatic heterocycles. The van der Waals surface area contributed by atoms with Crippen molar-refractivity contribution in [3.8, 4) is 0 Å². The van der Waals surface area contributed by atoms with Gasteiger partial charge in [-0.15, -0.1) is 0 Å². The Morgan fingerprint density at radius 2 is 1.47 bits per heavy atom. The minimum atomic E-state index is -1.54. The van der Waals surface area contributed by atoms with Crippen LogP contribution < -0.4 is 0 Å².